The van der Waals surface area contributed by atoms with Gasteiger partial charge in [0.15, 0.2) is 5.13 Å². The first-order valence-electron chi connectivity index (χ1n) is 12.2. The smallest absolute Gasteiger partial charge is 0.418 e. The van der Waals surface area contributed by atoms with E-state index in [-0.39, 0.29) is 40.8 Å². The van der Waals surface area contributed by atoms with Crippen LogP contribution in [-0.4, -0.2) is 43.8 Å². The third-order valence-corrected chi connectivity index (χ3v) is 7.70. The number of pyridine rings is 3. The Labute approximate surface area is 241 Å². The molecule has 1 aliphatic heterocycles. The van der Waals surface area contributed by atoms with Gasteiger partial charge in [-0.3, -0.25) is 19.9 Å². The number of carbonyl (C=O) groups is 2. The van der Waals surface area contributed by atoms with Crippen molar-refractivity contribution in [2.75, 3.05) is 12.4 Å². The van der Waals surface area contributed by atoms with Crippen LogP contribution in [0.2, 0.25) is 5.15 Å². The Morgan fingerprint density at radius 1 is 1.05 bits per heavy atom. The molecule has 0 spiro atoms. The summed E-state index contributed by atoms with van der Waals surface area (Å²) in [4.78, 5) is 45.3. The predicted molar refractivity (Wildman–Crippen MR) is 146 cm³/mol. The molecular formula is C27H22ClF3N6O3S. The first-order chi connectivity index (χ1) is 19.3. The van der Waals surface area contributed by atoms with E-state index >= 15 is 0 Å². The quantitative estimate of drug-likeness (QED) is 0.279. The number of nitrogens with zero attached hydrogens (tertiary/aromatic N) is 5. The lowest BCUT2D eigenvalue weighted by Gasteiger charge is -2.18. The van der Waals surface area contributed by atoms with Crippen LogP contribution >= 0.6 is 22.9 Å². The molecule has 0 bridgehead atoms. The minimum absolute atomic E-state index is 0.0669. The molecule has 1 N–H and O–H groups in total. The van der Waals surface area contributed by atoms with Gasteiger partial charge in [-0.25, -0.2) is 15.0 Å². The Morgan fingerprint density at radius 3 is 2.46 bits per heavy atom. The molecule has 5 heterocycles. The van der Waals surface area contributed by atoms with Crippen LogP contribution in [0.4, 0.5) is 18.3 Å². The molecule has 212 valence electrons. The average Bonchev–Trinajstić information content (AvgIpc) is 3.45. The Bertz CT molecular complexity index is 1660. The molecule has 0 unspecified atom stereocenters. The third kappa shape index (κ3) is 5.59. The van der Waals surface area contributed by atoms with E-state index < -0.39 is 23.6 Å². The van der Waals surface area contributed by atoms with E-state index in [0.29, 0.717) is 33.4 Å². The lowest BCUT2D eigenvalue weighted by molar-refractivity contribution is -0.138. The van der Waals surface area contributed by atoms with Crippen molar-refractivity contribution in [1.82, 2.24) is 24.8 Å². The predicted octanol–water partition coefficient (Wildman–Crippen LogP) is 6.01. The highest BCUT2D eigenvalue weighted by Gasteiger charge is 2.36. The molecule has 41 heavy (non-hydrogen) atoms. The second-order valence-corrected chi connectivity index (χ2v) is 10.8. The van der Waals surface area contributed by atoms with Gasteiger partial charge in [-0.1, -0.05) is 22.9 Å². The fourth-order valence-corrected chi connectivity index (χ4v) is 5.83. The van der Waals surface area contributed by atoms with E-state index in [1.165, 1.54) is 49.6 Å². The minimum atomic E-state index is -4.56. The number of aryl methyl sites for hydroxylation is 3. The van der Waals surface area contributed by atoms with Crippen LogP contribution in [0.3, 0.4) is 0 Å². The molecule has 4 aromatic heterocycles. The zero-order chi connectivity index (χ0) is 29.6. The zero-order valence-corrected chi connectivity index (χ0v) is 23.8. The van der Waals surface area contributed by atoms with Gasteiger partial charge in [0.25, 0.3) is 11.8 Å². The summed E-state index contributed by atoms with van der Waals surface area (Å²) >= 11 is 7.32. The number of methoxy groups -OCH3 is 1. The van der Waals surface area contributed by atoms with E-state index in [0.717, 1.165) is 10.9 Å². The molecule has 0 atom stereocenters. The summed E-state index contributed by atoms with van der Waals surface area (Å²) in [6, 6.07) is 4.50. The second kappa shape index (κ2) is 10.7. The highest BCUT2D eigenvalue weighted by Crippen LogP contribution is 2.37. The average molecular weight is 603 g/mol. The number of ether oxygens (including phenoxy) is 1. The van der Waals surface area contributed by atoms with Crippen LogP contribution in [0.15, 0.2) is 30.6 Å². The second-order valence-electron chi connectivity index (χ2n) is 9.37. The lowest BCUT2D eigenvalue weighted by Crippen LogP contribution is -2.27. The molecule has 2 amide bonds. The van der Waals surface area contributed by atoms with Crippen molar-refractivity contribution in [3.63, 3.8) is 0 Å². The van der Waals surface area contributed by atoms with Crippen molar-refractivity contribution in [3.8, 4) is 16.9 Å². The Kier molecular flexibility index (Phi) is 7.43. The van der Waals surface area contributed by atoms with E-state index in [9.17, 15) is 22.8 Å². The maximum atomic E-state index is 13.3. The number of nitrogens with one attached hydrogen (secondary N) is 1. The maximum Gasteiger partial charge on any atom is 0.418 e. The van der Waals surface area contributed by atoms with Crippen LogP contribution in [0.25, 0.3) is 11.1 Å². The molecule has 0 aromatic carbocycles. The van der Waals surface area contributed by atoms with Crippen molar-refractivity contribution in [2.24, 2.45) is 0 Å². The van der Waals surface area contributed by atoms with Crippen molar-refractivity contribution < 1.29 is 27.5 Å². The van der Waals surface area contributed by atoms with Gasteiger partial charge >= 0.3 is 6.18 Å². The topological polar surface area (TPSA) is 110 Å². The Hall–Kier alpha value is -4.10. The highest BCUT2D eigenvalue weighted by molar-refractivity contribution is 7.16. The number of hydrogen-bond donors (Lipinski definition) is 1. The maximum absolute atomic E-state index is 13.3. The summed E-state index contributed by atoms with van der Waals surface area (Å²) in [6.07, 6.45) is -1.63. The SMILES string of the molecule is COc1cnc(Cl)cc1-c1cc(C)ncc1C(=O)Nc1nc2c(s1)CN(C(=O)c1cc(C)c(C(F)(F)F)c(C)n1)C2. The summed E-state index contributed by atoms with van der Waals surface area (Å²) in [5.41, 5.74) is 1.42. The number of fused-ring (bicyclic) bond motifs is 1. The van der Waals surface area contributed by atoms with E-state index in [1.807, 2.05) is 0 Å². The number of halogens is 4. The first kappa shape index (κ1) is 28.4. The van der Waals surface area contributed by atoms with Gasteiger partial charge in [-0.2, -0.15) is 13.2 Å². The molecule has 0 radical (unpaired) electrons. The van der Waals surface area contributed by atoms with Gasteiger partial charge in [0.1, 0.15) is 16.6 Å². The van der Waals surface area contributed by atoms with E-state index in [1.54, 1.807) is 19.1 Å². The molecule has 14 heteroatoms. The molecule has 0 saturated carbocycles. The number of aromatic nitrogens is 4. The molecule has 4 aromatic rings. The first-order valence-corrected chi connectivity index (χ1v) is 13.4. The number of rotatable bonds is 5. The number of thiazole rings is 1. The number of alkyl halides is 3. The molecule has 1 aliphatic rings. The third-order valence-electron chi connectivity index (χ3n) is 6.49. The summed E-state index contributed by atoms with van der Waals surface area (Å²) in [5.74, 6) is -0.524. The fraction of sp³-hybridized carbons (Fsp3) is 0.259. The molecule has 0 saturated heterocycles. The standard InChI is InChI=1S/C27H22ClF3N6O3S/c1-12-5-18(34-14(3)23(12)27(29,30)31)25(39)37-10-19-21(11-37)41-26(35-19)36-24(38)17-8-32-13(2)6-15(17)16-7-22(28)33-9-20(16)40-4/h5-9H,10-11H2,1-4H3,(H,35,36,38). The highest BCUT2D eigenvalue weighted by atomic mass is 35.5. The van der Waals surface area contributed by atoms with Gasteiger partial charge in [0.2, 0.25) is 0 Å². The van der Waals surface area contributed by atoms with Crippen LogP contribution in [0.1, 0.15) is 53.9 Å². The lowest BCUT2D eigenvalue weighted by atomic mass is 10.0. The van der Waals surface area contributed by atoms with E-state index in [2.05, 4.69) is 25.3 Å². The van der Waals surface area contributed by atoms with Gasteiger partial charge in [0.05, 0.1) is 53.8 Å². The fourth-order valence-electron chi connectivity index (χ4n) is 4.69. The Balaban J connectivity index is 1.34. The van der Waals surface area contributed by atoms with Crippen LogP contribution in [0.5, 0.6) is 5.75 Å². The number of amides is 2. The summed E-state index contributed by atoms with van der Waals surface area (Å²) < 4.78 is 45.3. The van der Waals surface area contributed by atoms with Crippen molar-refractivity contribution in [3.05, 3.63) is 80.1 Å². The summed E-state index contributed by atoms with van der Waals surface area (Å²) in [6.45, 7) is 4.65. The zero-order valence-electron chi connectivity index (χ0n) is 22.2. The monoisotopic (exact) mass is 602 g/mol. The molecule has 0 fully saturated rings. The largest absolute Gasteiger partial charge is 0.494 e. The van der Waals surface area contributed by atoms with Gasteiger partial charge in [0, 0.05) is 23.0 Å². The summed E-state index contributed by atoms with van der Waals surface area (Å²) in [7, 11) is 1.49. The number of carbonyl (C=O) groups excluding carboxylic acids is 2. The van der Waals surface area contributed by atoms with Crippen LogP contribution < -0.4 is 10.1 Å². The van der Waals surface area contributed by atoms with Crippen LogP contribution in [0, 0.1) is 20.8 Å². The molecule has 0 aliphatic carbocycles. The minimum Gasteiger partial charge on any atom is -0.494 e. The van der Waals surface area contributed by atoms with Gasteiger partial charge < -0.3 is 9.64 Å². The van der Waals surface area contributed by atoms with Crippen LogP contribution in [-0.2, 0) is 19.3 Å². The number of anilines is 1. The molecule has 9 nitrogen and oxygen atoms in total. The van der Waals surface area contributed by atoms with Gasteiger partial charge in [-0.15, -0.1) is 0 Å². The molecular weight excluding hydrogens is 581 g/mol. The Morgan fingerprint density at radius 2 is 1.80 bits per heavy atom. The van der Waals surface area contributed by atoms with Crippen molar-refractivity contribution in [2.45, 2.75) is 40.0 Å². The van der Waals surface area contributed by atoms with E-state index in [4.69, 9.17) is 16.3 Å². The number of hydrogen-bond acceptors (Lipinski definition) is 8. The van der Waals surface area contributed by atoms with Crippen molar-refractivity contribution >= 4 is 39.9 Å². The normalized spacial score (nSPS) is 12.8. The summed E-state index contributed by atoms with van der Waals surface area (Å²) in [5, 5.41) is 3.36. The van der Waals surface area contributed by atoms with Crippen molar-refractivity contribution in [1.29, 1.82) is 0 Å². The van der Waals surface area contributed by atoms with Gasteiger partial charge in [-0.05, 0) is 44.5 Å². The molecule has 5 rings (SSSR count).